The Morgan fingerprint density at radius 1 is 1.11 bits per heavy atom. The zero-order valence-corrected chi connectivity index (χ0v) is 11.7. The van der Waals surface area contributed by atoms with Crippen molar-refractivity contribution in [3.63, 3.8) is 0 Å². The fraction of sp³-hybridized carbons (Fsp3) is 0.235. The number of ketones is 1. The molecular weight excluding hydrogens is 234 g/mol. The van der Waals surface area contributed by atoms with Crippen molar-refractivity contribution >= 4 is 5.78 Å². The highest BCUT2D eigenvalue weighted by Crippen LogP contribution is 2.23. The summed E-state index contributed by atoms with van der Waals surface area (Å²) in [5.41, 5.74) is 5.57. The van der Waals surface area contributed by atoms with Crippen LogP contribution in [0, 0.1) is 6.92 Å². The third-order valence-electron chi connectivity index (χ3n) is 3.31. The highest BCUT2D eigenvalue weighted by molar-refractivity contribution is 5.95. The molecule has 2 rings (SSSR count). The predicted octanol–water partition coefficient (Wildman–Crippen LogP) is 3.58. The van der Waals surface area contributed by atoms with E-state index in [4.69, 9.17) is 0 Å². The maximum Gasteiger partial charge on any atom is 0.159 e. The van der Waals surface area contributed by atoms with E-state index in [2.05, 4.69) is 30.4 Å². The third kappa shape index (κ3) is 3.09. The first-order valence-corrected chi connectivity index (χ1v) is 6.47. The van der Waals surface area contributed by atoms with Crippen molar-refractivity contribution in [3.05, 3.63) is 59.2 Å². The summed E-state index contributed by atoms with van der Waals surface area (Å²) in [5, 5.41) is 3.16. The molecule has 0 unspecified atom stereocenters. The summed E-state index contributed by atoms with van der Waals surface area (Å²) < 4.78 is 0. The van der Waals surface area contributed by atoms with Gasteiger partial charge in [-0.15, -0.1) is 0 Å². The summed E-state index contributed by atoms with van der Waals surface area (Å²) in [6.45, 7) is 4.59. The molecule has 2 aromatic rings. The number of carbonyl (C=O) groups is 1. The van der Waals surface area contributed by atoms with Crippen molar-refractivity contribution in [2.75, 3.05) is 7.05 Å². The fourth-order valence-corrected chi connectivity index (χ4v) is 2.18. The number of hydrogen-bond acceptors (Lipinski definition) is 2. The van der Waals surface area contributed by atoms with Crippen molar-refractivity contribution in [1.29, 1.82) is 0 Å². The van der Waals surface area contributed by atoms with Crippen LogP contribution in [0.5, 0.6) is 0 Å². The minimum Gasteiger partial charge on any atom is -0.316 e. The first-order chi connectivity index (χ1) is 9.11. The molecule has 19 heavy (non-hydrogen) atoms. The number of nitrogens with one attached hydrogen (secondary N) is 1. The molecule has 2 nitrogen and oxygen atoms in total. The van der Waals surface area contributed by atoms with Gasteiger partial charge >= 0.3 is 0 Å². The first-order valence-electron chi connectivity index (χ1n) is 6.47. The first kappa shape index (κ1) is 13.5. The van der Waals surface area contributed by atoms with E-state index in [0.717, 1.165) is 23.2 Å². The molecule has 1 N–H and O–H groups in total. The van der Waals surface area contributed by atoms with Gasteiger partial charge in [0.2, 0.25) is 0 Å². The smallest absolute Gasteiger partial charge is 0.159 e. The van der Waals surface area contributed by atoms with E-state index in [-0.39, 0.29) is 5.78 Å². The molecule has 2 heteroatoms. The van der Waals surface area contributed by atoms with Crippen LogP contribution in [0.1, 0.15) is 28.4 Å². The van der Waals surface area contributed by atoms with E-state index in [1.54, 1.807) is 6.92 Å². The Bertz CT molecular complexity index is 602. The Morgan fingerprint density at radius 3 is 2.47 bits per heavy atom. The summed E-state index contributed by atoms with van der Waals surface area (Å²) in [5.74, 6) is 0.102. The molecule has 0 aliphatic rings. The zero-order valence-electron chi connectivity index (χ0n) is 11.7. The predicted molar refractivity (Wildman–Crippen MR) is 79.4 cm³/mol. The van der Waals surface area contributed by atoms with Crippen LogP contribution in [-0.2, 0) is 6.54 Å². The van der Waals surface area contributed by atoms with E-state index in [1.807, 2.05) is 31.3 Å². The monoisotopic (exact) mass is 253 g/mol. The normalized spacial score (nSPS) is 10.5. The lowest BCUT2D eigenvalue weighted by atomic mass is 9.98. The second-order valence-electron chi connectivity index (χ2n) is 4.81. The molecule has 0 fully saturated rings. The highest BCUT2D eigenvalue weighted by Gasteiger charge is 2.04. The van der Waals surface area contributed by atoms with Gasteiger partial charge in [-0.3, -0.25) is 4.79 Å². The number of aryl methyl sites for hydroxylation is 1. The van der Waals surface area contributed by atoms with Gasteiger partial charge in [0.25, 0.3) is 0 Å². The van der Waals surface area contributed by atoms with Crippen LogP contribution in [0.2, 0.25) is 0 Å². The second kappa shape index (κ2) is 5.81. The number of rotatable bonds is 4. The number of hydrogen-bond donors (Lipinski definition) is 1. The standard InChI is InChI=1S/C17H19NO/c1-12-9-16(7-8-17(12)11-18-3)15-6-4-5-14(10-15)13(2)19/h4-10,18H,11H2,1-3H3. The number of Topliss-reactive ketones (excluding diaryl/α,β-unsaturated/α-hetero) is 1. The van der Waals surface area contributed by atoms with Crippen LogP contribution >= 0.6 is 0 Å². The number of benzene rings is 2. The minimum absolute atomic E-state index is 0.102. The van der Waals surface area contributed by atoms with Crippen molar-refractivity contribution < 1.29 is 4.79 Å². The Balaban J connectivity index is 2.39. The lowest BCUT2D eigenvalue weighted by molar-refractivity contribution is 0.101. The van der Waals surface area contributed by atoms with E-state index >= 15 is 0 Å². The Labute approximate surface area is 114 Å². The van der Waals surface area contributed by atoms with E-state index in [1.165, 1.54) is 11.1 Å². The van der Waals surface area contributed by atoms with Crippen LogP contribution in [-0.4, -0.2) is 12.8 Å². The van der Waals surface area contributed by atoms with Gasteiger partial charge in [-0.1, -0.05) is 36.4 Å². The van der Waals surface area contributed by atoms with Gasteiger partial charge in [0.1, 0.15) is 0 Å². The van der Waals surface area contributed by atoms with Crippen molar-refractivity contribution in [2.24, 2.45) is 0 Å². The van der Waals surface area contributed by atoms with Crippen molar-refractivity contribution in [2.45, 2.75) is 20.4 Å². The maximum absolute atomic E-state index is 11.4. The Morgan fingerprint density at radius 2 is 1.84 bits per heavy atom. The average Bonchev–Trinajstić information content (AvgIpc) is 2.41. The highest BCUT2D eigenvalue weighted by atomic mass is 16.1. The van der Waals surface area contributed by atoms with Crippen LogP contribution in [0.3, 0.4) is 0 Å². The summed E-state index contributed by atoms with van der Waals surface area (Å²) in [4.78, 5) is 11.4. The van der Waals surface area contributed by atoms with E-state index in [9.17, 15) is 4.79 Å². The lowest BCUT2D eigenvalue weighted by Gasteiger charge is -2.09. The molecule has 0 radical (unpaired) electrons. The topological polar surface area (TPSA) is 29.1 Å². The van der Waals surface area contributed by atoms with Crippen molar-refractivity contribution in [1.82, 2.24) is 5.32 Å². The molecule has 0 aliphatic carbocycles. The molecule has 0 heterocycles. The molecule has 0 spiro atoms. The summed E-state index contributed by atoms with van der Waals surface area (Å²) in [7, 11) is 1.95. The van der Waals surface area contributed by atoms with Gasteiger partial charge in [-0.25, -0.2) is 0 Å². The van der Waals surface area contributed by atoms with Gasteiger partial charge < -0.3 is 5.32 Å². The average molecular weight is 253 g/mol. The molecule has 0 saturated heterocycles. The second-order valence-corrected chi connectivity index (χ2v) is 4.81. The molecule has 0 amide bonds. The maximum atomic E-state index is 11.4. The molecule has 0 aromatic heterocycles. The molecule has 98 valence electrons. The van der Waals surface area contributed by atoms with Gasteiger partial charge in [0, 0.05) is 12.1 Å². The van der Waals surface area contributed by atoms with Gasteiger partial charge in [0.05, 0.1) is 0 Å². The van der Waals surface area contributed by atoms with Crippen LogP contribution < -0.4 is 5.32 Å². The van der Waals surface area contributed by atoms with Crippen LogP contribution in [0.4, 0.5) is 0 Å². The molecule has 0 bridgehead atoms. The third-order valence-corrected chi connectivity index (χ3v) is 3.31. The molecule has 0 aliphatic heterocycles. The molecular formula is C17H19NO. The van der Waals surface area contributed by atoms with Crippen LogP contribution in [0.15, 0.2) is 42.5 Å². The lowest BCUT2D eigenvalue weighted by Crippen LogP contribution is -2.06. The van der Waals surface area contributed by atoms with Crippen molar-refractivity contribution in [3.8, 4) is 11.1 Å². The molecule has 0 saturated carbocycles. The Kier molecular flexibility index (Phi) is 4.13. The Hall–Kier alpha value is -1.93. The van der Waals surface area contributed by atoms with E-state index in [0.29, 0.717) is 0 Å². The van der Waals surface area contributed by atoms with Crippen LogP contribution in [0.25, 0.3) is 11.1 Å². The summed E-state index contributed by atoms with van der Waals surface area (Å²) in [6, 6.07) is 14.2. The SMILES string of the molecule is CNCc1ccc(-c2cccc(C(C)=O)c2)cc1C. The zero-order chi connectivity index (χ0) is 13.8. The molecule has 2 aromatic carbocycles. The molecule has 0 atom stereocenters. The van der Waals surface area contributed by atoms with Gasteiger partial charge in [0.15, 0.2) is 5.78 Å². The summed E-state index contributed by atoms with van der Waals surface area (Å²) in [6.07, 6.45) is 0. The van der Waals surface area contributed by atoms with E-state index < -0.39 is 0 Å². The summed E-state index contributed by atoms with van der Waals surface area (Å²) >= 11 is 0. The van der Waals surface area contributed by atoms with Gasteiger partial charge in [-0.05, 0) is 49.2 Å². The minimum atomic E-state index is 0.102. The quantitative estimate of drug-likeness (QED) is 0.844. The number of carbonyl (C=O) groups excluding carboxylic acids is 1. The largest absolute Gasteiger partial charge is 0.316 e. The van der Waals surface area contributed by atoms with Gasteiger partial charge in [-0.2, -0.15) is 0 Å². The fourth-order valence-electron chi connectivity index (χ4n) is 2.18.